The van der Waals surface area contributed by atoms with E-state index in [4.69, 9.17) is 4.74 Å². The highest BCUT2D eigenvalue weighted by molar-refractivity contribution is 5.91. The summed E-state index contributed by atoms with van der Waals surface area (Å²) in [5, 5.41) is 3.20. The van der Waals surface area contributed by atoms with Gasteiger partial charge >= 0.3 is 5.97 Å². The first-order valence-corrected chi connectivity index (χ1v) is 7.34. The Balaban J connectivity index is 3.04. The van der Waals surface area contributed by atoms with Gasteiger partial charge in [0, 0.05) is 19.0 Å². The molecule has 0 bridgehead atoms. The zero-order valence-corrected chi connectivity index (χ0v) is 14.4. The zero-order chi connectivity index (χ0) is 17.3. The lowest BCUT2D eigenvalue weighted by Crippen LogP contribution is -2.54. The Bertz CT molecular complexity index is 482. The highest BCUT2D eigenvalue weighted by Crippen LogP contribution is 2.42. The number of nitrogens with one attached hydrogen (secondary N) is 3. The summed E-state index contributed by atoms with van der Waals surface area (Å²) in [4.78, 5) is 36.0. The lowest BCUT2D eigenvalue weighted by Gasteiger charge is -2.35. The fraction of sp³-hybridized carbons (Fsp3) is 0.800. The number of carbonyl (C=O) groups is 3. The second-order valence-corrected chi connectivity index (χ2v) is 7.59. The van der Waals surface area contributed by atoms with Crippen LogP contribution < -0.4 is 16.2 Å². The average molecular weight is 313 g/mol. The van der Waals surface area contributed by atoms with Gasteiger partial charge in [0.15, 0.2) is 0 Å². The molecule has 7 nitrogen and oxygen atoms in total. The van der Waals surface area contributed by atoms with Gasteiger partial charge in [-0.1, -0.05) is 0 Å². The summed E-state index contributed by atoms with van der Waals surface area (Å²) in [6.07, 6.45) is 0. The molecule has 0 aromatic carbocycles. The molecule has 1 rings (SSSR count). The highest BCUT2D eigenvalue weighted by Gasteiger charge is 2.58. The summed E-state index contributed by atoms with van der Waals surface area (Å²) in [6.45, 7) is 12.4. The van der Waals surface area contributed by atoms with Crippen molar-refractivity contribution >= 4 is 17.8 Å². The molecular formula is C15H27N3O4. The maximum Gasteiger partial charge on any atom is 0.312 e. The number of esters is 1. The SMILES string of the molecule is CC(=O)NNC(=O)C1(C)CNC(C)(C)C1C(=O)OC(C)(C)C. The number of ether oxygens (including phenoxy) is 1. The van der Waals surface area contributed by atoms with Crippen LogP contribution in [0.25, 0.3) is 0 Å². The second kappa shape index (κ2) is 5.87. The van der Waals surface area contributed by atoms with Gasteiger partial charge in [-0.15, -0.1) is 0 Å². The molecular weight excluding hydrogens is 286 g/mol. The lowest BCUT2D eigenvalue weighted by molar-refractivity contribution is -0.168. The van der Waals surface area contributed by atoms with E-state index in [1.165, 1.54) is 6.92 Å². The van der Waals surface area contributed by atoms with Crippen LogP contribution in [-0.2, 0) is 19.1 Å². The molecule has 1 aliphatic rings. The fourth-order valence-corrected chi connectivity index (χ4v) is 2.83. The number of amides is 2. The van der Waals surface area contributed by atoms with Crippen LogP contribution in [0, 0.1) is 11.3 Å². The van der Waals surface area contributed by atoms with Crippen LogP contribution in [0.1, 0.15) is 48.5 Å². The predicted molar refractivity (Wildman–Crippen MR) is 81.5 cm³/mol. The first-order chi connectivity index (χ1) is 9.79. The molecule has 0 aliphatic carbocycles. The molecule has 22 heavy (non-hydrogen) atoms. The molecule has 2 atom stereocenters. The van der Waals surface area contributed by atoms with E-state index in [1.807, 2.05) is 13.8 Å². The second-order valence-electron chi connectivity index (χ2n) is 7.59. The van der Waals surface area contributed by atoms with Crippen molar-refractivity contribution in [2.24, 2.45) is 11.3 Å². The first kappa shape index (κ1) is 18.4. The van der Waals surface area contributed by atoms with E-state index >= 15 is 0 Å². The van der Waals surface area contributed by atoms with Gasteiger partial charge in [0.05, 0.1) is 11.3 Å². The number of rotatable bonds is 2. The molecule has 2 unspecified atom stereocenters. The maximum atomic E-state index is 12.6. The molecule has 1 fully saturated rings. The van der Waals surface area contributed by atoms with Gasteiger partial charge in [-0.05, 0) is 41.5 Å². The molecule has 3 N–H and O–H groups in total. The van der Waals surface area contributed by atoms with Crippen molar-refractivity contribution in [1.82, 2.24) is 16.2 Å². The summed E-state index contributed by atoms with van der Waals surface area (Å²) in [7, 11) is 0. The summed E-state index contributed by atoms with van der Waals surface area (Å²) in [5.41, 5.74) is 2.38. The Hall–Kier alpha value is -1.63. The Morgan fingerprint density at radius 2 is 1.68 bits per heavy atom. The van der Waals surface area contributed by atoms with Gasteiger partial charge in [0.2, 0.25) is 11.8 Å². The van der Waals surface area contributed by atoms with Gasteiger partial charge in [-0.3, -0.25) is 25.2 Å². The standard InChI is InChI=1S/C15H27N3O4/c1-9(19)17-18-12(21)15(7)8-16-14(5,6)10(15)11(20)22-13(2,3)4/h10,16H,8H2,1-7H3,(H,17,19)(H,18,21). The Kier molecular flexibility index (Phi) is 4.91. The van der Waals surface area contributed by atoms with Gasteiger partial charge in [0.25, 0.3) is 0 Å². The lowest BCUT2D eigenvalue weighted by atomic mass is 9.71. The Labute approximate surface area is 131 Å². The quantitative estimate of drug-likeness (QED) is 0.509. The van der Waals surface area contributed by atoms with Crippen LogP contribution in [-0.4, -0.2) is 35.5 Å². The van der Waals surface area contributed by atoms with E-state index in [-0.39, 0.29) is 5.91 Å². The molecule has 1 aliphatic heterocycles. The Morgan fingerprint density at radius 1 is 1.14 bits per heavy atom. The van der Waals surface area contributed by atoms with E-state index in [2.05, 4.69) is 16.2 Å². The van der Waals surface area contributed by atoms with Crippen LogP contribution in [0.15, 0.2) is 0 Å². The number of carbonyl (C=O) groups excluding carboxylic acids is 3. The smallest absolute Gasteiger partial charge is 0.312 e. The highest BCUT2D eigenvalue weighted by atomic mass is 16.6. The monoisotopic (exact) mass is 313 g/mol. The first-order valence-electron chi connectivity index (χ1n) is 7.34. The minimum Gasteiger partial charge on any atom is -0.460 e. The van der Waals surface area contributed by atoms with Crippen LogP contribution in [0.3, 0.4) is 0 Å². The van der Waals surface area contributed by atoms with E-state index in [9.17, 15) is 14.4 Å². The van der Waals surface area contributed by atoms with Crippen molar-refractivity contribution in [2.45, 2.75) is 59.6 Å². The average Bonchev–Trinajstić information content (AvgIpc) is 2.55. The molecule has 1 heterocycles. The summed E-state index contributed by atoms with van der Waals surface area (Å²) >= 11 is 0. The number of hydrazine groups is 1. The van der Waals surface area contributed by atoms with Crippen LogP contribution in [0.5, 0.6) is 0 Å². The normalized spacial score (nSPS) is 27.1. The third-order valence-corrected chi connectivity index (χ3v) is 3.78. The van der Waals surface area contributed by atoms with Crippen LogP contribution in [0.4, 0.5) is 0 Å². The maximum absolute atomic E-state index is 12.6. The summed E-state index contributed by atoms with van der Waals surface area (Å²) in [5.74, 6) is -1.90. The van der Waals surface area contributed by atoms with Crippen molar-refractivity contribution in [3.05, 3.63) is 0 Å². The molecule has 0 spiro atoms. The topological polar surface area (TPSA) is 96.5 Å². The minimum absolute atomic E-state index is 0.315. The van der Waals surface area contributed by atoms with Crippen molar-refractivity contribution in [3.63, 3.8) is 0 Å². The van der Waals surface area contributed by atoms with Crippen LogP contribution in [0.2, 0.25) is 0 Å². The summed E-state index contributed by atoms with van der Waals surface area (Å²) < 4.78 is 5.48. The summed E-state index contributed by atoms with van der Waals surface area (Å²) in [6, 6.07) is 0. The molecule has 0 saturated carbocycles. The molecule has 126 valence electrons. The van der Waals surface area contributed by atoms with Gasteiger partial charge < -0.3 is 10.1 Å². The number of hydrogen-bond donors (Lipinski definition) is 3. The molecule has 0 aromatic heterocycles. The molecule has 0 radical (unpaired) electrons. The Morgan fingerprint density at radius 3 is 2.14 bits per heavy atom. The fourth-order valence-electron chi connectivity index (χ4n) is 2.83. The molecule has 2 amide bonds. The molecule has 0 aromatic rings. The number of hydrogen-bond acceptors (Lipinski definition) is 5. The van der Waals surface area contributed by atoms with Crippen molar-refractivity contribution in [1.29, 1.82) is 0 Å². The predicted octanol–water partition coefficient (Wildman–Crippen LogP) is 0.500. The van der Waals surface area contributed by atoms with Crippen LogP contribution >= 0.6 is 0 Å². The van der Waals surface area contributed by atoms with E-state index < -0.39 is 34.3 Å². The zero-order valence-electron chi connectivity index (χ0n) is 14.4. The molecule has 7 heteroatoms. The van der Waals surface area contributed by atoms with E-state index in [1.54, 1.807) is 27.7 Å². The van der Waals surface area contributed by atoms with E-state index in [0.717, 1.165) is 0 Å². The van der Waals surface area contributed by atoms with Gasteiger partial charge in [-0.2, -0.15) is 0 Å². The van der Waals surface area contributed by atoms with Crippen molar-refractivity contribution in [3.8, 4) is 0 Å². The van der Waals surface area contributed by atoms with Gasteiger partial charge in [-0.25, -0.2) is 0 Å². The van der Waals surface area contributed by atoms with Gasteiger partial charge in [0.1, 0.15) is 5.60 Å². The largest absolute Gasteiger partial charge is 0.460 e. The minimum atomic E-state index is -1.02. The third-order valence-electron chi connectivity index (χ3n) is 3.78. The van der Waals surface area contributed by atoms with E-state index in [0.29, 0.717) is 6.54 Å². The third kappa shape index (κ3) is 3.97. The molecule has 1 saturated heterocycles. The van der Waals surface area contributed by atoms with Crippen molar-refractivity contribution < 1.29 is 19.1 Å². The van der Waals surface area contributed by atoms with Crippen molar-refractivity contribution in [2.75, 3.05) is 6.54 Å².